The van der Waals surface area contributed by atoms with Gasteiger partial charge in [0.25, 0.3) is 0 Å². The van der Waals surface area contributed by atoms with Crippen molar-refractivity contribution in [1.82, 2.24) is 4.98 Å². The summed E-state index contributed by atoms with van der Waals surface area (Å²) in [6.07, 6.45) is 2.51. The highest BCUT2D eigenvalue weighted by molar-refractivity contribution is 5.86. The van der Waals surface area contributed by atoms with E-state index >= 15 is 0 Å². The molecule has 0 atom stereocenters. The molecule has 0 saturated carbocycles. The quantitative estimate of drug-likeness (QED) is 0.696. The maximum Gasteiger partial charge on any atom is 0.146 e. The number of rotatable bonds is 4. The first-order valence-corrected chi connectivity index (χ1v) is 8.63. The first-order chi connectivity index (χ1) is 11.8. The zero-order valence-corrected chi connectivity index (χ0v) is 14.0. The van der Waals surface area contributed by atoms with Gasteiger partial charge in [0.1, 0.15) is 23.7 Å². The number of nitrogens with zero attached hydrogens (tertiary/aromatic N) is 2. The second kappa shape index (κ2) is 6.52. The Bertz CT molecular complexity index is 853. The largest absolute Gasteiger partial charge is 0.487 e. The third-order valence-corrected chi connectivity index (χ3v) is 4.58. The van der Waals surface area contributed by atoms with E-state index in [-0.39, 0.29) is 0 Å². The molecule has 1 aromatic heterocycles. The first kappa shape index (κ1) is 15.0. The SMILES string of the molecule is Cc1cccc(COc2cccc3ccc(N4CCCC4)nc23)c1. The highest BCUT2D eigenvalue weighted by Crippen LogP contribution is 2.28. The van der Waals surface area contributed by atoms with Crippen LogP contribution in [0.4, 0.5) is 5.82 Å². The van der Waals surface area contributed by atoms with Crippen molar-refractivity contribution in [2.24, 2.45) is 0 Å². The summed E-state index contributed by atoms with van der Waals surface area (Å²) in [6, 6.07) is 18.8. The lowest BCUT2D eigenvalue weighted by molar-refractivity contribution is 0.309. The van der Waals surface area contributed by atoms with Gasteiger partial charge in [0.15, 0.2) is 0 Å². The molecule has 2 aromatic carbocycles. The van der Waals surface area contributed by atoms with Gasteiger partial charge in [-0.15, -0.1) is 0 Å². The fourth-order valence-electron chi connectivity index (χ4n) is 3.31. The number of aromatic nitrogens is 1. The zero-order valence-electron chi connectivity index (χ0n) is 14.0. The fourth-order valence-corrected chi connectivity index (χ4v) is 3.31. The Hall–Kier alpha value is -2.55. The first-order valence-electron chi connectivity index (χ1n) is 8.63. The molecule has 1 fully saturated rings. The Labute approximate surface area is 142 Å². The molecule has 122 valence electrons. The zero-order chi connectivity index (χ0) is 16.4. The van der Waals surface area contributed by atoms with Crippen LogP contribution in [0, 0.1) is 6.92 Å². The van der Waals surface area contributed by atoms with Crippen LogP contribution in [0.5, 0.6) is 5.75 Å². The smallest absolute Gasteiger partial charge is 0.146 e. The van der Waals surface area contributed by atoms with Crippen molar-refractivity contribution in [2.75, 3.05) is 18.0 Å². The second-order valence-electron chi connectivity index (χ2n) is 6.47. The minimum absolute atomic E-state index is 0.566. The summed E-state index contributed by atoms with van der Waals surface area (Å²) in [6.45, 7) is 4.87. The monoisotopic (exact) mass is 318 g/mol. The third-order valence-electron chi connectivity index (χ3n) is 4.58. The van der Waals surface area contributed by atoms with Gasteiger partial charge in [0, 0.05) is 18.5 Å². The van der Waals surface area contributed by atoms with Gasteiger partial charge < -0.3 is 9.64 Å². The lowest BCUT2D eigenvalue weighted by Crippen LogP contribution is -2.18. The molecule has 1 aliphatic heterocycles. The summed E-state index contributed by atoms with van der Waals surface area (Å²) in [5.74, 6) is 1.92. The molecule has 1 saturated heterocycles. The molecular weight excluding hydrogens is 296 g/mol. The van der Waals surface area contributed by atoms with Crippen LogP contribution < -0.4 is 9.64 Å². The van der Waals surface area contributed by atoms with Crippen molar-refractivity contribution in [3.63, 3.8) is 0 Å². The summed E-state index contributed by atoms with van der Waals surface area (Å²) in [5, 5.41) is 1.12. The van der Waals surface area contributed by atoms with Crippen molar-refractivity contribution in [3.05, 3.63) is 65.7 Å². The van der Waals surface area contributed by atoms with Gasteiger partial charge in [-0.1, -0.05) is 42.0 Å². The van der Waals surface area contributed by atoms with E-state index in [2.05, 4.69) is 54.3 Å². The molecule has 0 N–H and O–H groups in total. The number of para-hydroxylation sites is 1. The standard InChI is InChI=1S/C21H22N2O/c1-16-6-4-7-17(14-16)15-24-19-9-5-8-18-10-11-20(22-21(18)19)23-12-2-3-13-23/h4-11,14H,2-3,12-13,15H2,1H3. The molecule has 2 heterocycles. The molecule has 0 unspecified atom stereocenters. The Morgan fingerprint density at radius 2 is 1.83 bits per heavy atom. The summed E-state index contributed by atoms with van der Waals surface area (Å²) < 4.78 is 6.10. The number of anilines is 1. The van der Waals surface area contributed by atoms with Crippen molar-refractivity contribution < 1.29 is 4.74 Å². The van der Waals surface area contributed by atoms with Crippen LogP contribution in [0.2, 0.25) is 0 Å². The molecule has 3 heteroatoms. The number of hydrogen-bond acceptors (Lipinski definition) is 3. The van der Waals surface area contributed by atoms with E-state index < -0.39 is 0 Å². The van der Waals surface area contributed by atoms with Gasteiger partial charge in [-0.2, -0.15) is 0 Å². The lowest BCUT2D eigenvalue weighted by Gasteiger charge is -2.17. The molecule has 0 bridgehead atoms. The average Bonchev–Trinajstić information content (AvgIpc) is 3.14. The molecular formula is C21H22N2O. The molecule has 0 radical (unpaired) electrons. The van der Waals surface area contributed by atoms with E-state index in [0.29, 0.717) is 6.61 Å². The maximum atomic E-state index is 6.10. The second-order valence-corrected chi connectivity index (χ2v) is 6.47. The molecule has 3 aromatic rings. The number of fused-ring (bicyclic) bond motifs is 1. The molecule has 4 rings (SSSR count). The van der Waals surface area contributed by atoms with E-state index in [9.17, 15) is 0 Å². The summed E-state index contributed by atoms with van der Waals surface area (Å²) in [7, 11) is 0. The average molecular weight is 318 g/mol. The lowest BCUT2D eigenvalue weighted by atomic mass is 10.1. The van der Waals surface area contributed by atoms with Crippen molar-refractivity contribution in [3.8, 4) is 5.75 Å². The van der Waals surface area contributed by atoms with E-state index in [1.165, 1.54) is 24.0 Å². The molecule has 3 nitrogen and oxygen atoms in total. The van der Waals surface area contributed by atoms with Crippen LogP contribution in [-0.2, 0) is 6.61 Å². The van der Waals surface area contributed by atoms with Crippen LogP contribution in [0.15, 0.2) is 54.6 Å². The van der Waals surface area contributed by atoms with Crippen LogP contribution in [0.3, 0.4) is 0 Å². The van der Waals surface area contributed by atoms with E-state index in [1.54, 1.807) is 0 Å². The number of aryl methyl sites for hydroxylation is 1. The van der Waals surface area contributed by atoms with Gasteiger partial charge in [-0.3, -0.25) is 0 Å². The third kappa shape index (κ3) is 3.07. The molecule has 24 heavy (non-hydrogen) atoms. The van der Waals surface area contributed by atoms with E-state index in [4.69, 9.17) is 9.72 Å². The number of pyridine rings is 1. The van der Waals surface area contributed by atoms with Crippen LogP contribution >= 0.6 is 0 Å². The van der Waals surface area contributed by atoms with Gasteiger partial charge in [-0.05, 0) is 43.5 Å². The Morgan fingerprint density at radius 3 is 2.67 bits per heavy atom. The van der Waals surface area contributed by atoms with Crippen LogP contribution in [-0.4, -0.2) is 18.1 Å². The minimum Gasteiger partial charge on any atom is -0.487 e. The Balaban J connectivity index is 1.62. The van der Waals surface area contributed by atoms with Crippen molar-refractivity contribution in [2.45, 2.75) is 26.4 Å². The Morgan fingerprint density at radius 1 is 1.00 bits per heavy atom. The molecule has 1 aliphatic rings. The van der Waals surface area contributed by atoms with Gasteiger partial charge in [0.2, 0.25) is 0 Å². The fraction of sp³-hybridized carbons (Fsp3) is 0.286. The topological polar surface area (TPSA) is 25.4 Å². The van der Waals surface area contributed by atoms with Crippen molar-refractivity contribution in [1.29, 1.82) is 0 Å². The van der Waals surface area contributed by atoms with Crippen molar-refractivity contribution >= 4 is 16.7 Å². The number of ether oxygens (including phenoxy) is 1. The normalized spacial score (nSPS) is 14.3. The summed E-state index contributed by atoms with van der Waals surface area (Å²) in [5.41, 5.74) is 3.39. The van der Waals surface area contributed by atoms with Gasteiger partial charge >= 0.3 is 0 Å². The Kier molecular flexibility index (Phi) is 4.08. The highest BCUT2D eigenvalue weighted by Gasteiger charge is 2.14. The number of hydrogen-bond donors (Lipinski definition) is 0. The molecule has 0 spiro atoms. The number of benzene rings is 2. The molecule has 0 aliphatic carbocycles. The van der Waals surface area contributed by atoms with Crippen LogP contribution in [0.25, 0.3) is 10.9 Å². The van der Waals surface area contributed by atoms with Crippen LogP contribution in [0.1, 0.15) is 24.0 Å². The van der Waals surface area contributed by atoms with E-state index in [1.807, 2.05) is 12.1 Å². The highest BCUT2D eigenvalue weighted by atomic mass is 16.5. The predicted molar refractivity (Wildman–Crippen MR) is 98.7 cm³/mol. The molecule has 0 amide bonds. The van der Waals surface area contributed by atoms with Gasteiger partial charge in [-0.25, -0.2) is 4.98 Å². The minimum atomic E-state index is 0.566. The van der Waals surface area contributed by atoms with Gasteiger partial charge in [0.05, 0.1) is 0 Å². The summed E-state index contributed by atoms with van der Waals surface area (Å²) >= 11 is 0. The predicted octanol–water partition coefficient (Wildman–Crippen LogP) is 4.72. The summed E-state index contributed by atoms with van der Waals surface area (Å²) in [4.78, 5) is 7.25. The van der Waals surface area contributed by atoms with E-state index in [0.717, 1.165) is 35.6 Å². The maximum absolute atomic E-state index is 6.10.